The van der Waals surface area contributed by atoms with Gasteiger partial charge in [0.1, 0.15) is 5.75 Å². The summed E-state index contributed by atoms with van der Waals surface area (Å²) in [5, 5.41) is 3.36. The predicted octanol–water partition coefficient (Wildman–Crippen LogP) is 4.25. The summed E-state index contributed by atoms with van der Waals surface area (Å²) >= 11 is 0. The topological polar surface area (TPSA) is 21.3 Å². The lowest BCUT2D eigenvalue weighted by molar-refractivity contribution is 0.242. The molecule has 0 spiro atoms. The molecule has 2 nitrogen and oxygen atoms in total. The summed E-state index contributed by atoms with van der Waals surface area (Å²) in [6.45, 7) is 8.11. The summed E-state index contributed by atoms with van der Waals surface area (Å²) in [5.74, 6) is 0.926. The maximum Gasteiger partial charge on any atom is 0.120 e. The van der Waals surface area contributed by atoms with E-state index in [1.165, 1.54) is 16.7 Å². The minimum Gasteiger partial charge on any atom is -0.491 e. The first-order chi connectivity index (χ1) is 9.69. The molecule has 106 valence electrons. The van der Waals surface area contributed by atoms with Crippen molar-refractivity contribution in [2.75, 3.05) is 6.54 Å². The van der Waals surface area contributed by atoms with E-state index in [1.54, 1.807) is 0 Å². The molecule has 2 heteroatoms. The van der Waals surface area contributed by atoms with Crippen molar-refractivity contribution in [1.82, 2.24) is 5.32 Å². The first-order valence-electron chi connectivity index (χ1n) is 7.26. The summed E-state index contributed by atoms with van der Waals surface area (Å²) in [7, 11) is 0. The molecule has 0 aliphatic heterocycles. The lowest BCUT2D eigenvalue weighted by Gasteiger charge is -2.11. The van der Waals surface area contributed by atoms with E-state index in [9.17, 15) is 0 Å². The normalized spacial score (nSPS) is 10.8. The maximum absolute atomic E-state index is 5.76. The molecule has 0 radical (unpaired) electrons. The van der Waals surface area contributed by atoms with Crippen LogP contribution in [-0.2, 0) is 6.54 Å². The largest absolute Gasteiger partial charge is 0.491 e. The minimum absolute atomic E-state index is 0.199. The summed E-state index contributed by atoms with van der Waals surface area (Å²) in [4.78, 5) is 0. The fourth-order valence-electron chi connectivity index (χ4n) is 2.15. The van der Waals surface area contributed by atoms with Crippen LogP contribution in [-0.4, -0.2) is 12.6 Å². The molecule has 0 heterocycles. The molecule has 2 aromatic carbocycles. The van der Waals surface area contributed by atoms with Crippen LogP contribution in [0, 0.1) is 0 Å². The second kappa shape index (κ2) is 7.11. The van der Waals surface area contributed by atoms with Gasteiger partial charge in [-0.15, -0.1) is 0 Å². The van der Waals surface area contributed by atoms with Crippen molar-refractivity contribution in [2.24, 2.45) is 0 Å². The molecule has 20 heavy (non-hydrogen) atoms. The smallest absolute Gasteiger partial charge is 0.120 e. The van der Waals surface area contributed by atoms with Crippen LogP contribution in [0.3, 0.4) is 0 Å². The van der Waals surface area contributed by atoms with Gasteiger partial charge in [0.15, 0.2) is 0 Å². The van der Waals surface area contributed by atoms with Gasteiger partial charge >= 0.3 is 0 Å². The van der Waals surface area contributed by atoms with Crippen molar-refractivity contribution in [3.05, 3.63) is 54.1 Å². The van der Waals surface area contributed by atoms with Gasteiger partial charge in [0.2, 0.25) is 0 Å². The average molecular weight is 269 g/mol. The first kappa shape index (κ1) is 14.6. The summed E-state index contributed by atoms with van der Waals surface area (Å²) in [6.07, 6.45) is 0.199. The number of nitrogens with one attached hydrogen (secondary N) is 1. The van der Waals surface area contributed by atoms with Crippen molar-refractivity contribution in [1.29, 1.82) is 0 Å². The quantitative estimate of drug-likeness (QED) is 0.846. The molecule has 0 atom stereocenters. The monoisotopic (exact) mass is 269 g/mol. The molecule has 0 unspecified atom stereocenters. The summed E-state index contributed by atoms with van der Waals surface area (Å²) in [5.41, 5.74) is 3.73. The van der Waals surface area contributed by atoms with Crippen LogP contribution in [0.5, 0.6) is 5.75 Å². The Morgan fingerprint density at radius 2 is 1.70 bits per heavy atom. The lowest BCUT2D eigenvalue weighted by Crippen LogP contribution is -2.11. The van der Waals surface area contributed by atoms with Gasteiger partial charge in [0.25, 0.3) is 0 Å². The van der Waals surface area contributed by atoms with E-state index in [4.69, 9.17) is 4.74 Å². The van der Waals surface area contributed by atoms with Crippen molar-refractivity contribution in [3.8, 4) is 16.9 Å². The Labute approximate surface area is 121 Å². The number of hydrogen-bond acceptors (Lipinski definition) is 2. The third kappa shape index (κ3) is 4.10. The Hall–Kier alpha value is -1.80. The molecule has 0 bridgehead atoms. The van der Waals surface area contributed by atoms with Gasteiger partial charge in [-0.1, -0.05) is 37.3 Å². The molecule has 0 aliphatic carbocycles. The van der Waals surface area contributed by atoms with Gasteiger partial charge < -0.3 is 10.1 Å². The molecular weight excluding hydrogens is 246 g/mol. The fourth-order valence-corrected chi connectivity index (χ4v) is 2.15. The van der Waals surface area contributed by atoms with Gasteiger partial charge in [-0.3, -0.25) is 0 Å². The van der Waals surface area contributed by atoms with E-state index in [1.807, 2.05) is 26.0 Å². The molecular formula is C18H23NO. The predicted molar refractivity (Wildman–Crippen MR) is 85.0 cm³/mol. The van der Waals surface area contributed by atoms with Crippen LogP contribution in [0.25, 0.3) is 11.1 Å². The zero-order valence-electron chi connectivity index (χ0n) is 12.5. The molecule has 0 aliphatic rings. The highest BCUT2D eigenvalue weighted by molar-refractivity contribution is 5.65. The Balaban J connectivity index is 2.22. The van der Waals surface area contributed by atoms with Crippen LogP contribution in [0.15, 0.2) is 48.5 Å². The Kier molecular flexibility index (Phi) is 5.19. The summed E-state index contributed by atoms with van der Waals surface area (Å²) in [6, 6.07) is 16.9. The number of ether oxygens (including phenoxy) is 1. The van der Waals surface area contributed by atoms with Crippen LogP contribution in [0.2, 0.25) is 0 Å². The highest BCUT2D eigenvalue weighted by Gasteiger charge is 2.03. The minimum atomic E-state index is 0.199. The Bertz CT molecular complexity index is 549. The van der Waals surface area contributed by atoms with Crippen LogP contribution >= 0.6 is 0 Å². The molecule has 0 aromatic heterocycles. The molecule has 0 amide bonds. The van der Waals surface area contributed by atoms with Crippen molar-refractivity contribution < 1.29 is 4.74 Å². The molecule has 0 saturated carbocycles. The Morgan fingerprint density at radius 3 is 2.40 bits per heavy atom. The van der Waals surface area contributed by atoms with E-state index in [-0.39, 0.29) is 6.10 Å². The van der Waals surface area contributed by atoms with E-state index < -0.39 is 0 Å². The van der Waals surface area contributed by atoms with Gasteiger partial charge in [-0.25, -0.2) is 0 Å². The highest BCUT2D eigenvalue weighted by Crippen LogP contribution is 2.25. The molecule has 2 rings (SSSR count). The van der Waals surface area contributed by atoms with Crippen LogP contribution in [0.4, 0.5) is 0 Å². The standard InChI is InChI=1S/C18H23NO/c1-4-19-13-15-7-5-8-16(11-15)17-9-6-10-18(12-17)20-14(2)3/h5-12,14,19H,4,13H2,1-3H3. The highest BCUT2D eigenvalue weighted by atomic mass is 16.5. The SMILES string of the molecule is CCNCc1cccc(-c2cccc(OC(C)C)c2)c1. The zero-order chi connectivity index (χ0) is 14.4. The van der Waals surface area contributed by atoms with Crippen LogP contribution < -0.4 is 10.1 Å². The van der Waals surface area contributed by atoms with E-state index in [0.29, 0.717) is 0 Å². The third-order valence-electron chi connectivity index (χ3n) is 3.05. The second-order valence-electron chi connectivity index (χ2n) is 5.18. The van der Waals surface area contributed by atoms with Gasteiger partial charge in [0.05, 0.1) is 6.10 Å². The Morgan fingerprint density at radius 1 is 1.00 bits per heavy atom. The maximum atomic E-state index is 5.76. The lowest BCUT2D eigenvalue weighted by atomic mass is 10.0. The van der Waals surface area contributed by atoms with Gasteiger partial charge in [0, 0.05) is 6.54 Å². The van der Waals surface area contributed by atoms with E-state index in [0.717, 1.165) is 18.8 Å². The summed E-state index contributed by atoms with van der Waals surface area (Å²) < 4.78 is 5.76. The molecule has 0 fully saturated rings. The van der Waals surface area contributed by atoms with Crippen LogP contribution in [0.1, 0.15) is 26.3 Å². The number of hydrogen-bond donors (Lipinski definition) is 1. The fraction of sp³-hybridized carbons (Fsp3) is 0.333. The number of rotatable bonds is 6. The van der Waals surface area contributed by atoms with E-state index >= 15 is 0 Å². The van der Waals surface area contributed by atoms with Crippen molar-refractivity contribution in [3.63, 3.8) is 0 Å². The first-order valence-corrected chi connectivity index (χ1v) is 7.26. The second-order valence-corrected chi connectivity index (χ2v) is 5.18. The average Bonchev–Trinajstić information content (AvgIpc) is 2.45. The molecule has 1 N–H and O–H groups in total. The third-order valence-corrected chi connectivity index (χ3v) is 3.05. The molecule has 2 aromatic rings. The van der Waals surface area contributed by atoms with Crippen molar-refractivity contribution >= 4 is 0 Å². The number of benzene rings is 2. The van der Waals surface area contributed by atoms with E-state index in [2.05, 4.69) is 48.6 Å². The molecule has 0 saturated heterocycles. The van der Waals surface area contributed by atoms with Crippen molar-refractivity contribution in [2.45, 2.75) is 33.4 Å². The van der Waals surface area contributed by atoms with Gasteiger partial charge in [-0.2, -0.15) is 0 Å². The van der Waals surface area contributed by atoms with Gasteiger partial charge in [-0.05, 0) is 55.3 Å². The zero-order valence-corrected chi connectivity index (χ0v) is 12.5.